The Morgan fingerprint density at radius 3 is 2.75 bits per heavy atom. The second kappa shape index (κ2) is 7.15. The molecule has 1 fully saturated rings. The zero-order valence-electron chi connectivity index (χ0n) is 13.7. The Hall–Kier alpha value is -2.18. The van der Waals surface area contributed by atoms with E-state index in [0.717, 1.165) is 11.3 Å². The molecule has 6 nitrogen and oxygen atoms in total. The van der Waals surface area contributed by atoms with Gasteiger partial charge in [-0.3, -0.25) is 4.79 Å². The van der Waals surface area contributed by atoms with Crippen LogP contribution in [-0.2, 0) is 4.74 Å². The number of morpholine rings is 1. The maximum atomic E-state index is 12.6. The van der Waals surface area contributed by atoms with E-state index in [9.17, 15) is 4.79 Å². The summed E-state index contributed by atoms with van der Waals surface area (Å²) in [6.45, 7) is 5.98. The Morgan fingerprint density at radius 1 is 1.25 bits per heavy atom. The molecule has 1 saturated heterocycles. The van der Waals surface area contributed by atoms with Crippen LogP contribution in [0.15, 0.2) is 24.3 Å². The van der Waals surface area contributed by atoms with Crippen molar-refractivity contribution in [3.8, 4) is 0 Å². The van der Waals surface area contributed by atoms with Gasteiger partial charge in [-0.05, 0) is 31.5 Å². The Bertz CT molecular complexity index is 760. The Kier molecular flexibility index (Phi) is 4.97. The van der Waals surface area contributed by atoms with Crippen molar-refractivity contribution in [2.75, 3.05) is 31.6 Å². The van der Waals surface area contributed by atoms with Gasteiger partial charge in [-0.15, -0.1) is 0 Å². The van der Waals surface area contributed by atoms with Crippen molar-refractivity contribution in [1.29, 1.82) is 0 Å². The fourth-order valence-electron chi connectivity index (χ4n) is 2.55. The quantitative estimate of drug-likeness (QED) is 0.925. The van der Waals surface area contributed by atoms with Gasteiger partial charge in [-0.2, -0.15) is 0 Å². The molecule has 0 radical (unpaired) electrons. The SMILES string of the molecule is Cc1nc(Nc2cccc(Cl)c2C)cc(C(=O)N2CCOCC2)n1. The van der Waals surface area contributed by atoms with E-state index in [4.69, 9.17) is 16.3 Å². The number of ether oxygens (including phenoxy) is 1. The first kappa shape index (κ1) is 16.7. The Morgan fingerprint density at radius 2 is 2.00 bits per heavy atom. The summed E-state index contributed by atoms with van der Waals surface area (Å²) in [7, 11) is 0. The molecular weight excluding hydrogens is 328 g/mol. The van der Waals surface area contributed by atoms with Crippen LogP contribution < -0.4 is 5.32 Å². The third-order valence-corrected chi connectivity index (χ3v) is 4.30. The molecule has 0 saturated carbocycles. The number of carbonyl (C=O) groups is 1. The third-order valence-electron chi connectivity index (χ3n) is 3.89. The highest BCUT2D eigenvalue weighted by Crippen LogP contribution is 2.25. The average molecular weight is 347 g/mol. The summed E-state index contributed by atoms with van der Waals surface area (Å²) in [6, 6.07) is 7.29. The molecule has 1 aromatic heterocycles. The standard InChI is InChI=1S/C17H19ClN4O2/c1-11-13(18)4-3-5-14(11)21-16-10-15(19-12(2)20-16)17(23)22-6-8-24-9-7-22/h3-5,10H,6-9H2,1-2H3,(H,19,20,21). The lowest BCUT2D eigenvalue weighted by Gasteiger charge is -2.26. The van der Waals surface area contributed by atoms with Crippen LogP contribution in [0.2, 0.25) is 5.02 Å². The molecule has 1 amide bonds. The maximum Gasteiger partial charge on any atom is 0.272 e. The summed E-state index contributed by atoms with van der Waals surface area (Å²) in [4.78, 5) is 23.0. The molecule has 1 aromatic carbocycles. The first-order valence-corrected chi connectivity index (χ1v) is 8.17. The second-order valence-corrected chi connectivity index (χ2v) is 6.03. The van der Waals surface area contributed by atoms with Gasteiger partial charge in [0.15, 0.2) is 0 Å². The lowest BCUT2D eigenvalue weighted by molar-refractivity contribution is 0.0299. The van der Waals surface area contributed by atoms with Crippen LogP contribution in [0.5, 0.6) is 0 Å². The lowest BCUT2D eigenvalue weighted by Crippen LogP contribution is -2.41. The van der Waals surface area contributed by atoms with E-state index in [-0.39, 0.29) is 5.91 Å². The van der Waals surface area contributed by atoms with E-state index in [0.29, 0.717) is 48.7 Å². The van der Waals surface area contributed by atoms with Crippen LogP contribution in [0, 0.1) is 13.8 Å². The first-order valence-electron chi connectivity index (χ1n) is 7.79. The minimum atomic E-state index is -0.102. The summed E-state index contributed by atoms with van der Waals surface area (Å²) in [5.74, 6) is 1.01. The molecule has 126 valence electrons. The third kappa shape index (κ3) is 3.66. The molecule has 24 heavy (non-hydrogen) atoms. The van der Waals surface area contributed by atoms with E-state index < -0.39 is 0 Å². The summed E-state index contributed by atoms with van der Waals surface area (Å²) in [6.07, 6.45) is 0. The summed E-state index contributed by atoms with van der Waals surface area (Å²) >= 11 is 6.15. The van der Waals surface area contributed by atoms with E-state index in [2.05, 4.69) is 15.3 Å². The van der Waals surface area contributed by atoms with E-state index >= 15 is 0 Å². The maximum absolute atomic E-state index is 12.6. The molecule has 1 N–H and O–H groups in total. The average Bonchev–Trinajstić information content (AvgIpc) is 2.58. The number of anilines is 2. The normalized spacial score (nSPS) is 14.5. The molecular formula is C17H19ClN4O2. The number of nitrogens with zero attached hydrogens (tertiary/aromatic N) is 3. The molecule has 0 spiro atoms. The Balaban J connectivity index is 1.86. The van der Waals surface area contributed by atoms with Crippen molar-refractivity contribution >= 4 is 29.0 Å². The van der Waals surface area contributed by atoms with Gasteiger partial charge >= 0.3 is 0 Å². The van der Waals surface area contributed by atoms with E-state index in [1.807, 2.05) is 25.1 Å². The number of amides is 1. The molecule has 1 aliphatic heterocycles. The highest BCUT2D eigenvalue weighted by molar-refractivity contribution is 6.31. The molecule has 3 rings (SSSR count). The van der Waals surface area contributed by atoms with Crippen LogP contribution in [-0.4, -0.2) is 47.1 Å². The second-order valence-electron chi connectivity index (χ2n) is 5.63. The van der Waals surface area contributed by atoms with Crippen molar-refractivity contribution in [3.63, 3.8) is 0 Å². The molecule has 0 atom stereocenters. The van der Waals surface area contributed by atoms with Crippen LogP contribution in [0.1, 0.15) is 21.9 Å². The number of aromatic nitrogens is 2. The number of rotatable bonds is 3. The van der Waals surface area contributed by atoms with Crippen LogP contribution >= 0.6 is 11.6 Å². The highest BCUT2D eigenvalue weighted by atomic mass is 35.5. The number of nitrogens with one attached hydrogen (secondary N) is 1. The Labute approximate surface area is 145 Å². The predicted molar refractivity (Wildman–Crippen MR) is 93.0 cm³/mol. The molecule has 7 heteroatoms. The number of hydrogen-bond donors (Lipinski definition) is 1. The number of benzene rings is 1. The fraction of sp³-hybridized carbons (Fsp3) is 0.353. The van der Waals surface area contributed by atoms with Gasteiger partial charge in [0.2, 0.25) is 0 Å². The highest BCUT2D eigenvalue weighted by Gasteiger charge is 2.20. The predicted octanol–water partition coefficient (Wildman–Crippen LogP) is 2.96. The van der Waals surface area contributed by atoms with Gasteiger partial charge in [0.1, 0.15) is 17.3 Å². The van der Waals surface area contributed by atoms with Crippen LogP contribution in [0.25, 0.3) is 0 Å². The van der Waals surface area contributed by atoms with Gasteiger partial charge in [-0.1, -0.05) is 17.7 Å². The first-order chi connectivity index (χ1) is 11.5. The molecule has 2 aromatic rings. The van der Waals surface area contributed by atoms with Gasteiger partial charge in [0, 0.05) is 29.9 Å². The monoisotopic (exact) mass is 346 g/mol. The summed E-state index contributed by atoms with van der Waals surface area (Å²) in [5, 5.41) is 3.90. The summed E-state index contributed by atoms with van der Waals surface area (Å²) < 4.78 is 5.29. The minimum absolute atomic E-state index is 0.102. The molecule has 0 bridgehead atoms. The smallest absolute Gasteiger partial charge is 0.272 e. The van der Waals surface area contributed by atoms with Crippen molar-refractivity contribution in [2.45, 2.75) is 13.8 Å². The number of hydrogen-bond acceptors (Lipinski definition) is 5. The van der Waals surface area contributed by atoms with Crippen molar-refractivity contribution in [1.82, 2.24) is 14.9 Å². The molecule has 0 unspecified atom stereocenters. The zero-order chi connectivity index (χ0) is 17.1. The van der Waals surface area contributed by atoms with E-state index in [1.165, 1.54) is 0 Å². The molecule has 2 heterocycles. The fourth-order valence-corrected chi connectivity index (χ4v) is 2.73. The summed E-state index contributed by atoms with van der Waals surface area (Å²) in [5.41, 5.74) is 2.16. The lowest BCUT2D eigenvalue weighted by atomic mass is 10.2. The van der Waals surface area contributed by atoms with Crippen LogP contribution in [0.4, 0.5) is 11.5 Å². The van der Waals surface area contributed by atoms with Gasteiger partial charge in [0.25, 0.3) is 5.91 Å². The topological polar surface area (TPSA) is 67.4 Å². The van der Waals surface area contributed by atoms with Gasteiger partial charge < -0.3 is 15.0 Å². The number of aryl methyl sites for hydroxylation is 1. The zero-order valence-corrected chi connectivity index (χ0v) is 14.4. The van der Waals surface area contributed by atoms with E-state index in [1.54, 1.807) is 17.9 Å². The van der Waals surface area contributed by atoms with Gasteiger partial charge in [-0.25, -0.2) is 9.97 Å². The van der Waals surface area contributed by atoms with Crippen LogP contribution in [0.3, 0.4) is 0 Å². The minimum Gasteiger partial charge on any atom is -0.378 e. The number of carbonyl (C=O) groups excluding carboxylic acids is 1. The molecule has 0 aliphatic carbocycles. The van der Waals surface area contributed by atoms with Gasteiger partial charge in [0.05, 0.1) is 13.2 Å². The van der Waals surface area contributed by atoms with Crippen molar-refractivity contribution in [3.05, 3.63) is 46.4 Å². The van der Waals surface area contributed by atoms with Crippen molar-refractivity contribution in [2.24, 2.45) is 0 Å². The molecule has 1 aliphatic rings. The number of halogens is 1. The van der Waals surface area contributed by atoms with Crippen molar-refractivity contribution < 1.29 is 9.53 Å². The largest absolute Gasteiger partial charge is 0.378 e.